The largest absolute Gasteiger partial charge is 0.497 e. The lowest BCUT2D eigenvalue weighted by molar-refractivity contribution is -0.120. The van der Waals surface area contributed by atoms with Gasteiger partial charge in [-0.2, -0.15) is 0 Å². The van der Waals surface area contributed by atoms with Gasteiger partial charge < -0.3 is 19.5 Å². The summed E-state index contributed by atoms with van der Waals surface area (Å²) in [6, 6.07) is 15.7. The van der Waals surface area contributed by atoms with Crippen molar-refractivity contribution >= 4 is 5.91 Å². The van der Waals surface area contributed by atoms with Gasteiger partial charge in [-0.05, 0) is 35.4 Å². The first kappa shape index (κ1) is 20.2. The summed E-state index contributed by atoms with van der Waals surface area (Å²) in [5.74, 6) is 1.61. The maximum absolute atomic E-state index is 12.5. The first-order valence-corrected chi connectivity index (χ1v) is 9.55. The molecule has 1 atom stereocenters. The van der Waals surface area contributed by atoms with Crippen LogP contribution < -0.4 is 14.8 Å². The summed E-state index contributed by atoms with van der Waals surface area (Å²) in [7, 11) is 3.30. The van der Waals surface area contributed by atoms with Crippen LogP contribution in [-0.2, 0) is 16.0 Å². The molecule has 2 aromatic carbocycles. The Morgan fingerprint density at radius 1 is 1.07 bits per heavy atom. The number of benzene rings is 2. The van der Waals surface area contributed by atoms with Gasteiger partial charge in [0, 0.05) is 19.6 Å². The fourth-order valence-corrected chi connectivity index (χ4v) is 3.40. The average Bonchev–Trinajstić information content (AvgIpc) is 2.75. The van der Waals surface area contributed by atoms with Crippen LogP contribution >= 0.6 is 0 Å². The number of rotatable bonds is 8. The molecule has 1 aliphatic rings. The molecule has 1 fully saturated rings. The Morgan fingerprint density at radius 3 is 2.46 bits per heavy atom. The first-order chi connectivity index (χ1) is 13.7. The summed E-state index contributed by atoms with van der Waals surface area (Å²) in [5.41, 5.74) is 2.09. The Morgan fingerprint density at radius 2 is 1.79 bits per heavy atom. The zero-order chi connectivity index (χ0) is 19.8. The molecule has 0 spiro atoms. The zero-order valence-electron chi connectivity index (χ0n) is 16.5. The second kappa shape index (κ2) is 10.1. The number of ether oxygens (including phenoxy) is 3. The monoisotopic (exact) mass is 384 g/mol. The average molecular weight is 384 g/mol. The van der Waals surface area contributed by atoms with Crippen molar-refractivity contribution in [1.82, 2.24) is 10.2 Å². The van der Waals surface area contributed by atoms with E-state index in [-0.39, 0.29) is 11.9 Å². The number of nitrogens with zero attached hydrogens (tertiary/aromatic N) is 1. The van der Waals surface area contributed by atoms with E-state index < -0.39 is 0 Å². The van der Waals surface area contributed by atoms with Gasteiger partial charge in [0.2, 0.25) is 5.91 Å². The Labute approximate surface area is 166 Å². The predicted molar refractivity (Wildman–Crippen MR) is 108 cm³/mol. The molecule has 150 valence electrons. The van der Waals surface area contributed by atoms with Crippen LogP contribution in [0.2, 0.25) is 0 Å². The molecule has 0 bridgehead atoms. The number of hydrogen-bond acceptors (Lipinski definition) is 5. The summed E-state index contributed by atoms with van der Waals surface area (Å²) < 4.78 is 16.0. The molecule has 6 nitrogen and oxygen atoms in total. The molecule has 0 aliphatic carbocycles. The highest BCUT2D eigenvalue weighted by Gasteiger charge is 2.23. The zero-order valence-corrected chi connectivity index (χ0v) is 16.5. The van der Waals surface area contributed by atoms with Crippen molar-refractivity contribution in [3.8, 4) is 11.5 Å². The second-order valence-electron chi connectivity index (χ2n) is 6.77. The van der Waals surface area contributed by atoms with Crippen molar-refractivity contribution < 1.29 is 19.0 Å². The lowest BCUT2D eigenvalue weighted by atomic mass is 10.0. The molecular weight excluding hydrogens is 356 g/mol. The van der Waals surface area contributed by atoms with E-state index in [0.717, 1.165) is 35.7 Å². The highest BCUT2D eigenvalue weighted by molar-refractivity contribution is 5.78. The van der Waals surface area contributed by atoms with E-state index in [2.05, 4.69) is 16.3 Å². The molecule has 1 saturated heterocycles. The molecule has 6 heteroatoms. The number of hydrogen-bond donors (Lipinski definition) is 1. The number of carbonyl (C=O) groups is 1. The topological polar surface area (TPSA) is 60.0 Å². The summed E-state index contributed by atoms with van der Waals surface area (Å²) >= 11 is 0. The molecule has 2 aromatic rings. The standard InChI is InChI=1S/C22H28N2O4/c1-26-19-8-6-17(7-9-19)14-22(25)23-16-21(24-10-12-28-13-11-24)18-4-3-5-20(15-18)27-2/h3-9,15,21H,10-14,16H2,1-2H3,(H,23,25). The van der Waals surface area contributed by atoms with E-state index in [0.29, 0.717) is 26.2 Å². The van der Waals surface area contributed by atoms with Crippen LogP contribution in [0.4, 0.5) is 0 Å². The lowest BCUT2D eigenvalue weighted by Gasteiger charge is -2.35. The molecule has 0 radical (unpaired) electrons. The van der Waals surface area contributed by atoms with E-state index in [1.54, 1.807) is 14.2 Å². The maximum atomic E-state index is 12.5. The van der Waals surface area contributed by atoms with Crippen LogP contribution in [0.5, 0.6) is 11.5 Å². The minimum atomic E-state index is 0.00585. The molecular formula is C22H28N2O4. The fraction of sp³-hybridized carbons (Fsp3) is 0.409. The Hall–Kier alpha value is -2.57. The molecule has 28 heavy (non-hydrogen) atoms. The van der Waals surface area contributed by atoms with E-state index in [4.69, 9.17) is 14.2 Å². The summed E-state index contributed by atoms with van der Waals surface area (Å²) in [4.78, 5) is 14.9. The Balaban J connectivity index is 1.65. The SMILES string of the molecule is COc1ccc(CC(=O)NCC(c2cccc(OC)c2)N2CCOCC2)cc1. The van der Waals surface area contributed by atoms with Crippen LogP contribution in [0.3, 0.4) is 0 Å². The quantitative estimate of drug-likeness (QED) is 0.758. The highest BCUT2D eigenvalue weighted by atomic mass is 16.5. The van der Waals surface area contributed by atoms with Crippen molar-refractivity contribution in [2.24, 2.45) is 0 Å². The number of amides is 1. The van der Waals surface area contributed by atoms with Crippen LogP contribution in [0.15, 0.2) is 48.5 Å². The highest BCUT2D eigenvalue weighted by Crippen LogP contribution is 2.25. The lowest BCUT2D eigenvalue weighted by Crippen LogP contribution is -2.44. The van der Waals surface area contributed by atoms with E-state index >= 15 is 0 Å². The molecule has 0 aromatic heterocycles. The van der Waals surface area contributed by atoms with Crippen molar-refractivity contribution in [3.63, 3.8) is 0 Å². The Kier molecular flexibility index (Phi) is 7.28. The third-order valence-corrected chi connectivity index (χ3v) is 4.98. The van der Waals surface area contributed by atoms with Gasteiger partial charge in [0.1, 0.15) is 11.5 Å². The fourth-order valence-electron chi connectivity index (χ4n) is 3.40. The van der Waals surface area contributed by atoms with Crippen LogP contribution in [-0.4, -0.2) is 57.9 Å². The number of nitrogens with one attached hydrogen (secondary N) is 1. The molecule has 1 unspecified atom stereocenters. The normalized spacial score (nSPS) is 15.6. The van der Waals surface area contributed by atoms with Gasteiger partial charge in [-0.3, -0.25) is 9.69 Å². The van der Waals surface area contributed by atoms with Gasteiger partial charge in [0.25, 0.3) is 0 Å². The van der Waals surface area contributed by atoms with Gasteiger partial charge in [0.15, 0.2) is 0 Å². The number of methoxy groups -OCH3 is 2. The number of morpholine rings is 1. The summed E-state index contributed by atoms with van der Waals surface area (Å²) in [5, 5.41) is 3.10. The molecule has 1 aliphatic heterocycles. The van der Waals surface area contributed by atoms with Crippen molar-refractivity contribution in [3.05, 3.63) is 59.7 Å². The summed E-state index contributed by atoms with van der Waals surface area (Å²) in [6.45, 7) is 3.65. The van der Waals surface area contributed by atoms with Crippen LogP contribution in [0.1, 0.15) is 17.2 Å². The Bertz CT molecular complexity index is 757. The van der Waals surface area contributed by atoms with Gasteiger partial charge >= 0.3 is 0 Å². The molecule has 1 amide bonds. The van der Waals surface area contributed by atoms with Gasteiger partial charge in [-0.15, -0.1) is 0 Å². The van der Waals surface area contributed by atoms with E-state index in [1.165, 1.54) is 0 Å². The van der Waals surface area contributed by atoms with Crippen molar-refractivity contribution in [2.75, 3.05) is 47.1 Å². The smallest absolute Gasteiger partial charge is 0.224 e. The van der Waals surface area contributed by atoms with Crippen molar-refractivity contribution in [1.29, 1.82) is 0 Å². The van der Waals surface area contributed by atoms with Crippen LogP contribution in [0.25, 0.3) is 0 Å². The predicted octanol–water partition coefficient (Wildman–Crippen LogP) is 2.44. The van der Waals surface area contributed by atoms with Crippen LogP contribution in [0, 0.1) is 0 Å². The summed E-state index contributed by atoms with van der Waals surface area (Å²) in [6.07, 6.45) is 0.345. The van der Waals surface area contributed by atoms with Gasteiger partial charge in [-0.25, -0.2) is 0 Å². The molecule has 1 N–H and O–H groups in total. The third kappa shape index (κ3) is 5.47. The molecule has 0 saturated carbocycles. The molecule has 3 rings (SSSR count). The molecule has 1 heterocycles. The van der Waals surface area contributed by atoms with E-state index in [1.807, 2.05) is 42.5 Å². The van der Waals surface area contributed by atoms with Gasteiger partial charge in [-0.1, -0.05) is 24.3 Å². The maximum Gasteiger partial charge on any atom is 0.224 e. The number of carbonyl (C=O) groups excluding carboxylic acids is 1. The van der Waals surface area contributed by atoms with Gasteiger partial charge in [0.05, 0.1) is 39.9 Å². The minimum Gasteiger partial charge on any atom is -0.497 e. The van der Waals surface area contributed by atoms with E-state index in [9.17, 15) is 4.79 Å². The second-order valence-corrected chi connectivity index (χ2v) is 6.77. The first-order valence-electron chi connectivity index (χ1n) is 9.55. The van der Waals surface area contributed by atoms with Crippen molar-refractivity contribution in [2.45, 2.75) is 12.5 Å². The minimum absolute atomic E-state index is 0.00585. The third-order valence-electron chi connectivity index (χ3n) is 4.98.